The van der Waals surface area contributed by atoms with Gasteiger partial charge < -0.3 is 9.88 Å². The zero-order valence-electron chi connectivity index (χ0n) is 12.1. The quantitative estimate of drug-likeness (QED) is 0.857. The molecule has 0 spiro atoms. The van der Waals surface area contributed by atoms with Crippen LogP contribution in [0.5, 0.6) is 0 Å². The average Bonchev–Trinajstić information content (AvgIpc) is 3.07. The lowest BCUT2D eigenvalue weighted by Crippen LogP contribution is -2.36. The molecular weight excluding hydrogens is 262 g/mol. The molecule has 1 saturated heterocycles. The Morgan fingerprint density at radius 1 is 1.29 bits per heavy atom. The second-order valence-electron chi connectivity index (χ2n) is 5.68. The molecule has 21 heavy (non-hydrogen) atoms. The van der Waals surface area contributed by atoms with E-state index in [0.29, 0.717) is 5.92 Å². The number of aromatic nitrogens is 2. The smallest absolute Gasteiger partial charge is 0.168 e. The van der Waals surface area contributed by atoms with Gasteiger partial charge in [-0.05, 0) is 31.8 Å². The summed E-state index contributed by atoms with van der Waals surface area (Å²) in [5.74, 6) is 0.737. The van der Waals surface area contributed by atoms with Crippen LogP contribution >= 0.6 is 0 Å². The fourth-order valence-corrected chi connectivity index (χ4v) is 3.13. The van der Waals surface area contributed by atoms with E-state index in [-0.39, 0.29) is 11.7 Å². The Kier molecular flexibility index (Phi) is 4.46. The summed E-state index contributed by atoms with van der Waals surface area (Å²) in [6, 6.07) is 9.66. The fourth-order valence-electron chi connectivity index (χ4n) is 3.13. The molecule has 0 aliphatic carbocycles. The Labute approximate surface area is 125 Å². The molecule has 2 aromatic rings. The first-order chi connectivity index (χ1) is 10.3. The van der Waals surface area contributed by atoms with Crippen LogP contribution in [0.1, 0.15) is 23.2 Å². The van der Waals surface area contributed by atoms with Crippen molar-refractivity contribution in [2.75, 3.05) is 13.1 Å². The summed E-state index contributed by atoms with van der Waals surface area (Å²) >= 11 is 0. The predicted octanol–water partition coefficient (Wildman–Crippen LogP) is 2.38. The molecule has 3 rings (SSSR count). The van der Waals surface area contributed by atoms with Crippen molar-refractivity contribution in [3.8, 4) is 0 Å². The van der Waals surface area contributed by atoms with Gasteiger partial charge >= 0.3 is 0 Å². The summed E-state index contributed by atoms with van der Waals surface area (Å²) in [5, 5.41) is 3.38. The highest BCUT2D eigenvalue weighted by Gasteiger charge is 2.30. The second kappa shape index (κ2) is 6.68. The van der Waals surface area contributed by atoms with E-state index in [1.54, 1.807) is 12.5 Å². The molecule has 1 aromatic heterocycles. The van der Waals surface area contributed by atoms with Gasteiger partial charge in [0.05, 0.1) is 6.33 Å². The van der Waals surface area contributed by atoms with Gasteiger partial charge in [0.1, 0.15) is 0 Å². The number of piperidine rings is 1. The van der Waals surface area contributed by atoms with E-state index in [0.717, 1.165) is 38.0 Å². The summed E-state index contributed by atoms with van der Waals surface area (Å²) in [6.45, 7) is 2.73. The van der Waals surface area contributed by atoms with E-state index in [1.807, 2.05) is 41.1 Å². The molecule has 1 aromatic carbocycles. The minimum Gasteiger partial charge on any atom is -0.337 e. The highest BCUT2D eigenvalue weighted by molar-refractivity contribution is 5.98. The highest BCUT2D eigenvalue weighted by atomic mass is 16.1. The molecule has 1 unspecified atom stereocenters. The molecule has 4 heteroatoms. The first kappa shape index (κ1) is 14.0. The van der Waals surface area contributed by atoms with Gasteiger partial charge in [-0.2, -0.15) is 0 Å². The van der Waals surface area contributed by atoms with Crippen LogP contribution in [0.25, 0.3) is 0 Å². The lowest BCUT2D eigenvalue weighted by atomic mass is 9.80. The zero-order chi connectivity index (χ0) is 14.5. The number of imidazole rings is 1. The number of carbonyl (C=O) groups is 1. The van der Waals surface area contributed by atoms with E-state index >= 15 is 0 Å². The molecule has 0 radical (unpaired) electrons. The van der Waals surface area contributed by atoms with Crippen molar-refractivity contribution >= 4 is 5.78 Å². The van der Waals surface area contributed by atoms with E-state index in [9.17, 15) is 4.79 Å². The molecular formula is C17H21N3O. The molecule has 1 fully saturated rings. The van der Waals surface area contributed by atoms with Crippen LogP contribution in [0.15, 0.2) is 49.1 Å². The number of ketones is 1. The van der Waals surface area contributed by atoms with Crippen molar-refractivity contribution in [2.24, 2.45) is 11.8 Å². The lowest BCUT2D eigenvalue weighted by molar-refractivity contribution is 0.0828. The summed E-state index contributed by atoms with van der Waals surface area (Å²) in [4.78, 5) is 17.0. The maximum atomic E-state index is 12.9. The summed E-state index contributed by atoms with van der Waals surface area (Å²) < 4.78 is 2.02. The third-order valence-corrected chi connectivity index (χ3v) is 4.31. The van der Waals surface area contributed by atoms with E-state index in [2.05, 4.69) is 10.3 Å². The number of nitrogens with one attached hydrogen (secondary N) is 1. The second-order valence-corrected chi connectivity index (χ2v) is 5.68. The summed E-state index contributed by atoms with van der Waals surface area (Å²) in [6.07, 6.45) is 7.64. The van der Waals surface area contributed by atoms with Gasteiger partial charge in [-0.25, -0.2) is 4.98 Å². The SMILES string of the molecule is O=C(c1ccccc1)C(Cn1ccnc1)C1CCNCC1. The minimum atomic E-state index is 0.0312. The van der Waals surface area contributed by atoms with Crippen LogP contribution in [-0.4, -0.2) is 28.4 Å². The van der Waals surface area contributed by atoms with Crippen molar-refractivity contribution in [3.05, 3.63) is 54.6 Å². The van der Waals surface area contributed by atoms with Gasteiger partial charge in [-0.1, -0.05) is 30.3 Å². The largest absolute Gasteiger partial charge is 0.337 e. The topological polar surface area (TPSA) is 46.9 Å². The number of hydrogen-bond donors (Lipinski definition) is 1. The number of rotatable bonds is 5. The van der Waals surface area contributed by atoms with Crippen molar-refractivity contribution in [3.63, 3.8) is 0 Å². The number of carbonyl (C=O) groups excluding carboxylic acids is 1. The third kappa shape index (κ3) is 3.39. The molecule has 110 valence electrons. The van der Waals surface area contributed by atoms with Gasteiger partial charge in [-0.3, -0.25) is 4.79 Å². The molecule has 1 atom stereocenters. The van der Waals surface area contributed by atoms with Crippen LogP contribution in [0.4, 0.5) is 0 Å². The monoisotopic (exact) mass is 283 g/mol. The normalized spacial score (nSPS) is 17.5. The standard InChI is InChI=1S/C17H21N3O/c21-17(15-4-2-1-3-5-15)16(12-20-11-10-19-13-20)14-6-8-18-9-7-14/h1-5,10-11,13-14,16,18H,6-9,12H2. The van der Waals surface area contributed by atoms with Crippen LogP contribution in [-0.2, 0) is 6.54 Å². The molecule has 1 aliphatic rings. The van der Waals surface area contributed by atoms with E-state index < -0.39 is 0 Å². The number of hydrogen-bond acceptors (Lipinski definition) is 3. The molecule has 1 N–H and O–H groups in total. The fraction of sp³-hybridized carbons (Fsp3) is 0.412. The van der Waals surface area contributed by atoms with Gasteiger partial charge in [0, 0.05) is 30.4 Å². The maximum absolute atomic E-state index is 12.9. The number of nitrogens with zero attached hydrogens (tertiary/aromatic N) is 2. The van der Waals surface area contributed by atoms with Crippen LogP contribution in [0.3, 0.4) is 0 Å². The van der Waals surface area contributed by atoms with Crippen molar-refractivity contribution in [1.82, 2.24) is 14.9 Å². The van der Waals surface area contributed by atoms with Crippen molar-refractivity contribution in [1.29, 1.82) is 0 Å². The molecule has 0 bridgehead atoms. The Bertz CT molecular complexity index is 559. The molecule has 4 nitrogen and oxygen atoms in total. The Balaban J connectivity index is 1.82. The Hall–Kier alpha value is -1.94. The molecule has 1 aliphatic heterocycles. The maximum Gasteiger partial charge on any atom is 0.168 e. The zero-order valence-corrected chi connectivity index (χ0v) is 12.1. The predicted molar refractivity (Wildman–Crippen MR) is 82.1 cm³/mol. The van der Waals surface area contributed by atoms with Gasteiger partial charge in [0.15, 0.2) is 5.78 Å². The summed E-state index contributed by atoms with van der Waals surface area (Å²) in [7, 11) is 0. The molecule has 0 amide bonds. The summed E-state index contributed by atoms with van der Waals surface area (Å²) in [5.41, 5.74) is 0.821. The van der Waals surface area contributed by atoms with Crippen LogP contribution < -0.4 is 5.32 Å². The first-order valence-corrected chi connectivity index (χ1v) is 7.60. The number of Topliss-reactive ketones (excluding diaryl/α,β-unsaturated/α-hetero) is 1. The van der Waals surface area contributed by atoms with Gasteiger partial charge in [0.25, 0.3) is 0 Å². The van der Waals surface area contributed by atoms with Crippen LogP contribution in [0, 0.1) is 11.8 Å². The molecule has 2 heterocycles. The Morgan fingerprint density at radius 3 is 2.71 bits per heavy atom. The molecule has 0 saturated carbocycles. The minimum absolute atomic E-state index is 0.0312. The van der Waals surface area contributed by atoms with Gasteiger partial charge in [0.2, 0.25) is 0 Å². The van der Waals surface area contributed by atoms with Crippen molar-refractivity contribution < 1.29 is 4.79 Å². The third-order valence-electron chi connectivity index (χ3n) is 4.31. The van der Waals surface area contributed by atoms with E-state index in [1.165, 1.54) is 0 Å². The lowest BCUT2D eigenvalue weighted by Gasteiger charge is -2.30. The van der Waals surface area contributed by atoms with Crippen LogP contribution in [0.2, 0.25) is 0 Å². The number of benzene rings is 1. The van der Waals surface area contributed by atoms with E-state index in [4.69, 9.17) is 0 Å². The first-order valence-electron chi connectivity index (χ1n) is 7.60. The Morgan fingerprint density at radius 2 is 2.05 bits per heavy atom. The average molecular weight is 283 g/mol. The van der Waals surface area contributed by atoms with Gasteiger partial charge in [-0.15, -0.1) is 0 Å². The highest BCUT2D eigenvalue weighted by Crippen LogP contribution is 2.27. The van der Waals surface area contributed by atoms with Crippen molar-refractivity contribution in [2.45, 2.75) is 19.4 Å².